The Morgan fingerprint density at radius 2 is 1.57 bits per heavy atom. The summed E-state index contributed by atoms with van der Waals surface area (Å²) in [5.41, 5.74) is 7.86. The molecule has 1 saturated carbocycles. The van der Waals surface area contributed by atoms with Gasteiger partial charge in [0.25, 0.3) is 0 Å². The lowest BCUT2D eigenvalue weighted by molar-refractivity contribution is 0.246. The molecule has 0 saturated heterocycles. The Kier molecular flexibility index (Phi) is 4.63. The molecule has 5 heteroatoms. The number of anilines is 1. The van der Waals surface area contributed by atoms with Gasteiger partial charge in [-0.05, 0) is 68.7 Å². The highest BCUT2D eigenvalue weighted by molar-refractivity contribution is 7.89. The first kappa shape index (κ1) is 16.3. The summed E-state index contributed by atoms with van der Waals surface area (Å²) < 4.78 is 27.5. The van der Waals surface area contributed by atoms with E-state index in [0.717, 1.165) is 36.8 Å². The number of benzene rings is 1. The van der Waals surface area contributed by atoms with Crippen molar-refractivity contribution in [2.24, 2.45) is 5.92 Å². The Morgan fingerprint density at radius 3 is 2.05 bits per heavy atom. The molecule has 0 bridgehead atoms. The van der Waals surface area contributed by atoms with E-state index < -0.39 is 10.0 Å². The summed E-state index contributed by atoms with van der Waals surface area (Å²) in [6, 6.07) is 3.58. The number of hydrogen-bond acceptors (Lipinski definition) is 3. The number of rotatable bonds is 3. The van der Waals surface area contributed by atoms with Gasteiger partial charge in [0.05, 0.1) is 4.90 Å². The average molecular weight is 310 g/mol. The second-order valence-electron chi connectivity index (χ2n) is 6.42. The molecule has 0 atom stereocenters. The number of sulfonamides is 1. The van der Waals surface area contributed by atoms with Gasteiger partial charge in [-0.3, -0.25) is 0 Å². The van der Waals surface area contributed by atoms with Crippen LogP contribution >= 0.6 is 0 Å². The molecule has 118 valence electrons. The van der Waals surface area contributed by atoms with Crippen molar-refractivity contribution in [3.05, 3.63) is 23.3 Å². The van der Waals surface area contributed by atoms with Crippen molar-refractivity contribution in [2.45, 2.75) is 57.4 Å². The van der Waals surface area contributed by atoms with E-state index in [0.29, 0.717) is 16.5 Å². The van der Waals surface area contributed by atoms with Gasteiger partial charge in [-0.2, -0.15) is 4.31 Å². The lowest BCUT2D eigenvalue weighted by atomic mass is 9.87. The molecule has 0 amide bonds. The van der Waals surface area contributed by atoms with Crippen molar-refractivity contribution in [3.63, 3.8) is 0 Å². The van der Waals surface area contributed by atoms with Crippen LogP contribution < -0.4 is 5.73 Å². The van der Waals surface area contributed by atoms with Crippen molar-refractivity contribution in [2.75, 3.05) is 12.8 Å². The summed E-state index contributed by atoms with van der Waals surface area (Å²) in [7, 11) is -1.74. The predicted octanol–water partition coefficient (Wildman–Crippen LogP) is 3.08. The molecule has 1 aromatic carbocycles. The third kappa shape index (κ3) is 3.24. The van der Waals surface area contributed by atoms with E-state index in [1.54, 1.807) is 23.5 Å². The van der Waals surface area contributed by atoms with Crippen LogP contribution in [0.1, 0.15) is 43.7 Å². The van der Waals surface area contributed by atoms with Crippen LogP contribution in [0.5, 0.6) is 0 Å². The van der Waals surface area contributed by atoms with Crippen LogP contribution in [0.15, 0.2) is 17.0 Å². The maximum Gasteiger partial charge on any atom is 0.243 e. The molecule has 0 aromatic heterocycles. The average Bonchev–Trinajstić information content (AvgIpc) is 2.37. The lowest BCUT2D eigenvalue weighted by Gasteiger charge is -2.33. The van der Waals surface area contributed by atoms with E-state index >= 15 is 0 Å². The fourth-order valence-electron chi connectivity index (χ4n) is 3.34. The van der Waals surface area contributed by atoms with Gasteiger partial charge in [0.1, 0.15) is 0 Å². The summed E-state index contributed by atoms with van der Waals surface area (Å²) in [6.45, 7) is 5.86. The van der Waals surface area contributed by atoms with Crippen molar-refractivity contribution >= 4 is 15.7 Å². The molecule has 21 heavy (non-hydrogen) atoms. The Morgan fingerprint density at radius 1 is 1.10 bits per heavy atom. The first-order valence-corrected chi connectivity index (χ1v) is 9.02. The van der Waals surface area contributed by atoms with E-state index in [2.05, 4.69) is 6.92 Å². The molecule has 0 heterocycles. The molecular weight excluding hydrogens is 284 g/mol. The molecule has 0 aliphatic heterocycles. The minimum atomic E-state index is -3.46. The molecular formula is C16H26N2O2S. The Balaban J connectivity index is 2.34. The molecule has 1 aliphatic rings. The number of hydrogen-bond donors (Lipinski definition) is 1. The normalized spacial score (nSPS) is 23.5. The highest BCUT2D eigenvalue weighted by Gasteiger charge is 2.32. The smallest absolute Gasteiger partial charge is 0.243 e. The monoisotopic (exact) mass is 310 g/mol. The van der Waals surface area contributed by atoms with Gasteiger partial charge in [0, 0.05) is 18.8 Å². The topological polar surface area (TPSA) is 63.4 Å². The van der Waals surface area contributed by atoms with Crippen molar-refractivity contribution in [1.29, 1.82) is 0 Å². The molecule has 0 unspecified atom stereocenters. The van der Waals surface area contributed by atoms with Crippen LogP contribution in [0, 0.1) is 19.8 Å². The zero-order chi connectivity index (χ0) is 15.8. The van der Waals surface area contributed by atoms with E-state index in [4.69, 9.17) is 5.73 Å². The van der Waals surface area contributed by atoms with Gasteiger partial charge in [0.15, 0.2) is 0 Å². The zero-order valence-corrected chi connectivity index (χ0v) is 14.2. The number of aryl methyl sites for hydroxylation is 2. The van der Waals surface area contributed by atoms with Gasteiger partial charge in [-0.15, -0.1) is 0 Å². The number of nitrogens with zero attached hydrogens (tertiary/aromatic N) is 1. The maximum absolute atomic E-state index is 13.0. The van der Waals surface area contributed by atoms with Crippen LogP contribution in [0.25, 0.3) is 0 Å². The first-order valence-electron chi connectivity index (χ1n) is 7.58. The largest absolute Gasteiger partial charge is 0.399 e. The molecule has 0 radical (unpaired) electrons. The zero-order valence-electron chi connectivity index (χ0n) is 13.4. The summed E-state index contributed by atoms with van der Waals surface area (Å²) in [4.78, 5) is 0.415. The molecule has 2 N–H and O–H groups in total. The maximum atomic E-state index is 13.0. The molecule has 4 nitrogen and oxygen atoms in total. The number of nitrogens with two attached hydrogens (primary N) is 1. The van der Waals surface area contributed by atoms with E-state index in [-0.39, 0.29) is 6.04 Å². The van der Waals surface area contributed by atoms with Crippen molar-refractivity contribution in [1.82, 2.24) is 4.31 Å². The summed E-state index contributed by atoms with van der Waals surface area (Å²) in [6.07, 6.45) is 4.10. The summed E-state index contributed by atoms with van der Waals surface area (Å²) in [5.74, 6) is 0.706. The van der Waals surface area contributed by atoms with Gasteiger partial charge >= 0.3 is 0 Å². The van der Waals surface area contributed by atoms with E-state index in [1.165, 1.54) is 0 Å². The quantitative estimate of drug-likeness (QED) is 0.873. The Bertz CT molecular complexity index is 594. The predicted molar refractivity (Wildman–Crippen MR) is 86.7 cm³/mol. The minimum absolute atomic E-state index is 0.113. The second-order valence-corrected chi connectivity index (χ2v) is 8.35. The van der Waals surface area contributed by atoms with Crippen LogP contribution in [-0.4, -0.2) is 25.8 Å². The third-order valence-electron chi connectivity index (χ3n) is 4.62. The molecule has 2 rings (SSSR count). The fraction of sp³-hybridized carbons (Fsp3) is 0.625. The SMILES string of the molecule is Cc1cc(N)cc(C)c1S(=O)(=O)N(C)C1CCC(C)CC1. The fourth-order valence-corrected chi connectivity index (χ4v) is 5.16. The van der Waals surface area contributed by atoms with Crippen molar-refractivity contribution in [3.8, 4) is 0 Å². The van der Waals surface area contributed by atoms with Gasteiger partial charge in [-0.25, -0.2) is 8.42 Å². The van der Waals surface area contributed by atoms with E-state index in [9.17, 15) is 8.42 Å². The van der Waals surface area contributed by atoms with Gasteiger partial charge < -0.3 is 5.73 Å². The molecule has 1 fully saturated rings. The first-order chi connectivity index (χ1) is 9.73. The molecule has 1 aromatic rings. The van der Waals surface area contributed by atoms with E-state index in [1.807, 2.05) is 13.8 Å². The lowest BCUT2D eigenvalue weighted by Crippen LogP contribution is -2.39. The van der Waals surface area contributed by atoms with Gasteiger partial charge in [0.2, 0.25) is 10.0 Å². The Labute approximate surface area is 128 Å². The summed E-state index contributed by atoms with van der Waals surface area (Å²) >= 11 is 0. The van der Waals surface area contributed by atoms with Crippen LogP contribution in [0.2, 0.25) is 0 Å². The highest BCUT2D eigenvalue weighted by Crippen LogP contribution is 2.32. The highest BCUT2D eigenvalue weighted by atomic mass is 32.2. The Hall–Kier alpha value is -1.07. The van der Waals surface area contributed by atoms with Crippen LogP contribution in [0.3, 0.4) is 0 Å². The van der Waals surface area contributed by atoms with Gasteiger partial charge in [-0.1, -0.05) is 6.92 Å². The third-order valence-corrected chi connectivity index (χ3v) is 6.84. The second kappa shape index (κ2) is 5.97. The molecule has 0 spiro atoms. The molecule has 1 aliphatic carbocycles. The minimum Gasteiger partial charge on any atom is -0.399 e. The summed E-state index contributed by atoms with van der Waals surface area (Å²) in [5, 5.41) is 0. The standard InChI is InChI=1S/C16H26N2O2S/c1-11-5-7-15(8-6-11)18(4)21(19,20)16-12(2)9-14(17)10-13(16)3/h9-11,15H,5-8,17H2,1-4H3. The van der Waals surface area contributed by atoms with Crippen LogP contribution in [0.4, 0.5) is 5.69 Å². The number of nitrogen functional groups attached to an aromatic ring is 1. The van der Waals surface area contributed by atoms with Crippen LogP contribution in [-0.2, 0) is 10.0 Å². The van der Waals surface area contributed by atoms with Crippen molar-refractivity contribution < 1.29 is 8.42 Å².